The third kappa shape index (κ3) is 3.98. The lowest BCUT2D eigenvalue weighted by atomic mass is 9.94. The Morgan fingerprint density at radius 2 is 1.58 bits per heavy atom. The summed E-state index contributed by atoms with van der Waals surface area (Å²) >= 11 is 5.70. The fraction of sp³-hybridized carbons (Fsp3) is 0.0769. The Bertz CT molecular complexity index is 1520. The summed E-state index contributed by atoms with van der Waals surface area (Å²) in [7, 11) is 0. The van der Waals surface area contributed by atoms with Crippen LogP contribution < -0.4 is 0 Å². The zero-order chi connectivity index (χ0) is 23.2. The Morgan fingerprint density at radius 1 is 0.879 bits per heavy atom. The molecule has 0 atom stereocenters. The third-order valence-corrected chi connectivity index (χ3v) is 5.71. The maximum atomic E-state index is 13.2. The zero-order valence-electron chi connectivity index (χ0n) is 17.1. The molecule has 0 fully saturated rings. The monoisotopic (exact) mass is 464 g/mol. The van der Waals surface area contributed by atoms with Crippen molar-refractivity contribution < 1.29 is 18.0 Å². The number of carbonyl (C=O) groups excluding carboxylic acids is 1. The van der Waals surface area contributed by atoms with Gasteiger partial charge in [0, 0.05) is 17.3 Å². The summed E-state index contributed by atoms with van der Waals surface area (Å²) in [4.78, 5) is 11.8. The first-order valence-corrected chi connectivity index (χ1v) is 10.5. The van der Waals surface area contributed by atoms with Crippen LogP contribution in [-0.4, -0.2) is 15.0 Å². The van der Waals surface area contributed by atoms with E-state index in [-0.39, 0.29) is 12.1 Å². The van der Waals surface area contributed by atoms with Gasteiger partial charge in [0.05, 0.1) is 23.4 Å². The maximum Gasteiger partial charge on any atom is 0.416 e. The number of nitrogens with zero attached hydrogens (tertiary/aromatic N) is 2. The molecule has 0 aliphatic heterocycles. The number of rotatable bonds is 4. The Labute approximate surface area is 192 Å². The van der Waals surface area contributed by atoms with Gasteiger partial charge >= 0.3 is 6.18 Å². The largest absolute Gasteiger partial charge is 0.416 e. The molecule has 33 heavy (non-hydrogen) atoms. The zero-order valence-corrected chi connectivity index (χ0v) is 17.9. The second-order valence-corrected chi connectivity index (χ2v) is 8.14. The van der Waals surface area contributed by atoms with Crippen molar-refractivity contribution in [2.24, 2.45) is 0 Å². The number of halogens is 4. The molecule has 5 rings (SSSR count). The van der Waals surface area contributed by atoms with Gasteiger partial charge in [0.25, 0.3) is 0 Å². The number of hydrogen-bond donors (Lipinski definition) is 0. The van der Waals surface area contributed by atoms with Crippen molar-refractivity contribution in [2.75, 3.05) is 0 Å². The van der Waals surface area contributed by atoms with Gasteiger partial charge in [-0.15, -0.1) is 0 Å². The quantitative estimate of drug-likeness (QED) is 0.209. The number of hydrogen-bond acceptors (Lipinski definition) is 2. The number of fused-ring (bicyclic) bond motifs is 3. The molecule has 0 aliphatic rings. The molecule has 0 bridgehead atoms. The Hall–Kier alpha value is -3.64. The molecular formula is C26H16ClF3N2O. The summed E-state index contributed by atoms with van der Waals surface area (Å²) in [6.07, 6.45) is -3.01. The second-order valence-electron chi connectivity index (χ2n) is 7.72. The fourth-order valence-corrected chi connectivity index (χ4v) is 4.27. The van der Waals surface area contributed by atoms with E-state index in [2.05, 4.69) is 5.10 Å². The first-order chi connectivity index (χ1) is 15.8. The standard InChI is InChI=1S/C26H16ClF3N2O/c27-24(33)13-17-15-32(19-8-5-7-18(14-19)26(28,29)30)31-25(17)23-12-16-6-1-2-9-20(16)21-10-3-4-11-22(21)23/h1-12,14-15H,13H2. The maximum absolute atomic E-state index is 13.2. The minimum absolute atomic E-state index is 0.100. The van der Waals surface area contributed by atoms with Crippen LogP contribution in [0.5, 0.6) is 0 Å². The highest BCUT2D eigenvalue weighted by molar-refractivity contribution is 6.63. The van der Waals surface area contributed by atoms with E-state index in [0.717, 1.165) is 39.2 Å². The molecule has 0 saturated carbocycles. The second kappa shape index (κ2) is 8.05. The number of aromatic nitrogens is 2. The molecule has 4 aromatic carbocycles. The molecule has 0 unspecified atom stereocenters. The van der Waals surface area contributed by atoms with Gasteiger partial charge in [0.1, 0.15) is 0 Å². The predicted octanol–water partition coefficient (Wildman–Crippen LogP) is 7.17. The number of carbonyl (C=O) groups is 1. The normalized spacial score (nSPS) is 11.9. The molecule has 0 aliphatic carbocycles. The van der Waals surface area contributed by atoms with Gasteiger partial charge in [-0.3, -0.25) is 4.79 Å². The van der Waals surface area contributed by atoms with Gasteiger partial charge in [0.2, 0.25) is 5.24 Å². The Kier molecular flexibility index (Phi) is 5.17. The third-order valence-electron chi connectivity index (χ3n) is 5.58. The molecule has 1 heterocycles. The first-order valence-electron chi connectivity index (χ1n) is 10.2. The molecule has 0 radical (unpaired) electrons. The van der Waals surface area contributed by atoms with Crippen molar-refractivity contribution >= 4 is 38.4 Å². The van der Waals surface area contributed by atoms with E-state index in [1.165, 1.54) is 16.8 Å². The summed E-state index contributed by atoms with van der Waals surface area (Å²) in [6, 6.07) is 22.7. The van der Waals surface area contributed by atoms with Crippen LogP contribution in [0.2, 0.25) is 0 Å². The SMILES string of the molecule is O=C(Cl)Cc1cn(-c2cccc(C(F)(F)F)c2)nc1-c1cc2ccccc2c2ccccc12. The highest BCUT2D eigenvalue weighted by Gasteiger charge is 2.30. The molecule has 7 heteroatoms. The Morgan fingerprint density at radius 3 is 2.30 bits per heavy atom. The molecule has 3 nitrogen and oxygen atoms in total. The van der Waals surface area contributed by atoms with Crippen LogP contribution in [0.25, 0.3) is 38.5 Å². The van der Waals surface area contributed by atoms with E-state index in [0.29, 0.717) is 11.3 Å². The Balaban J connectivity index is 1.76. The van der Waals surface area contributed by atoms with Crippen molar-refractivity contribution in [2.45, 2.75) is 12.6 Å². The van der Waals surface area contributed by atoms with Crippen LogP contribution >= 0.6 is 11.6 Å². The van der Waals surface area contributed by atoms with Crippen LogP contribution in [0, 0.1) is 0 Å². The van der Waals surface area contributed by atoms with Crippen LogP contribution in [0.15, 0.2) is 85.1 Å². The van der Waals surface area contributed by atoms with E-state index in [4.69, 9.17) is 11.6 Å². The topological polar surface area (TPSA) is 34.9 Å². The molecule has 0 spiro atoms. The number of benzene rings is 4. The lowest BCUT2D eigenvalue weighted by Gasteiger charge is -2.10. The first kappa shape index (κ1) is 21.2. The molecular weight excluding hydrogens is 449 g/mol. The summed E-state index contributed by atoms with van der Waals surface area (Å²) in [5.74, 6) is 0. The van der Waals surface area contributed by atoms with Crippen LogP contribution in [0.1, 0.15) is 11.1 Å². The van der Waals surface area contributed by atoms with Gasteiger partial charge in [-0.25, -0.2) is 4.68 Å². The van der Waals surface area contributed by atoms with Crippen molar-refractivity contribution in [3.63, 3.8) is 0 Å². The van der Waals surface area contributed by atoms with Gasteiger partial charge in [-0.1, -0.05) is 54.6 Å². The molecule has 0 saturated heterocycles. The summed E-state index contributed by atoms with van der Waals surface area (Å²) in [6.45, 7) is 0. The highest BCUT2D eigenvalue weighted by atomic mass is 35.5. The molecule has 0 N–H and O–H groups in total. The van der Waals surface area contributed by atoms with Crippen molar-refractivity contribution in [3.05, 3.63) is 96.2 Å². The lowest BCUT2D eigenvalue weighted by molar-refractivity contribution is -0.137. The molecule has 1 aromatic heterocycles. The van der Waals surface area contributed by atoms with Crippen molar-refractivity contribution in [1.82, 2.24) is 9.78 Å². The van der Waals surface area contributed by atoms with E-state index < -0.39 is 17.0 Å². The van der Waals surface area contributed by atoms with E-state index in [1.54, 1.807) is 6.20 Å². The van der Waals surface area contributed by atoms with Crippen molar-refractivity contribution in [1.29, 1.82) is 0 Å². The van der Waals surface area contributed by atoms with Crippen LogP contribution in [0.3, 0.4) is 0 Å². The predicted molar refractivity (Wildman–Crippen MR) is 124 cm³/mol. The minimum atomic E-state index is -4.48. The average molecular weight is 465 g/mol. The van der Waals surface area contributed by atoms with Crippen LogP contribution in [0.4, 0.5) is 13.2 Å². The van der Waals surface area contributed by atoms with Gasteiger partial charge in [-0.05, 0) is 57.4 Å². The summed E-state index contributed by atoms with van der Waals surface area (Å²) in [5, 5.41) is 8.05. The average Bonchev–Trinajstić information content (AvgIpc) is 3.21. The summed E-state index contributed by atoms with van der Waals surface area (Å²) < 4.78 is 41.1. The van der Waals surface area contributed by atoms with Crippen molar-refractivity contribution in [3.8, 4) is 16.9 Å². The summed E-state index contributed by atoms with van der Waals surface area (Å²) in [5.41, 5.74) is 1.28. The van der Waals surface area contributed by atoms with Gasteiger partial charge < -0.3 is 0 Å². The van der Waals surface area contributed by atoms with E-state index in [9.17, 15) is 18.0 Å². The van der Waals surface area contributed by atoms with Gasteiger partial charge in [0.15, 0.2) is 0 Å². The van der Waals surface area contributed by atoms with Crippen LogP contribution in [-0.2, 0) is 17.4 Å². The molecule has 0 amide bonds. The molecule has 164 valence electrons. The lowest BCUT2D eigenvalue weighted by Crippen LogP contribution is -2.06. The molecule has 5 aromatic rings. The number of alkyl halides is 3. The minimum Gasteiger partial charge on any atom is -0.281 e. The van der Waals surface area contributed by atoms with E-state index in [1.807, 2.05) is 54.6 Å². The van der Waals surface area contributed by atoms with Gasteiger partial charge in [-0.2, -0.15) is 18.3 Å². The fourth-order valence-electron chi connectivity index (χ4n) is 4.12. The van der Waals surface area contributed by atoms with E-state index >= 15 is 0 Å². The highest BCUT2D eigenvalue weighted by Crippen LogP contribution is 2.37. The smallest absolute Gasteiger partial charge is 0.281 e.